The van der Waals surface area contributed by atoms with Crippen LogP contribution in [0.2, 0.25) is 0 Å². The first-order valence-corrected chi connectivity index (χ1v) is 8.68. The van der Waals surface area contributed by atoms with Crippen LogP contribution in [0, 0.1) is 10.1 Å². The minimum Gasteiger partial charge on any atom is -0.395 e. The molecule has 8 heteroatoms. The van der Waals surface area contributed by atoms with E-state index < -0.39 is 4.92 Å². The number of nitrogens with zero attached hydrogens (tertiary/aromatic N) is 3. The van der Waals surface area contributed by atoms with E-state index >= 15 is 0 Å². The minimum atomic E-state index is -0.424. The van der Waals surface area contributed by atoms with E-state index in [4.69, 9.17) is 5.11 Å². The highest BCUT2D eigenvalue weighted by atomic mass is 32.2. The molecule has 24 heavy (non-hydrogen) atoms. The maximum atomic E-state index is 12.2. The van der Waals surface area contributed by atoms with E-state index in [0.717, 1.165) is 41.1 Å². The predicted molar refractivity (Wildman–Crippen MR) is 90.3 cm³/mol. The second kappa shape index (κ2) is 7.14. The van der Waals surface area contributed by atoms with Gasteiger partial charge in [-0.25, -0.2) is 4.79 Å². The summed E-state index contributed by atoms with van der Waals surface area (Å²) < 4.78 is 1.57. The molecule has 0 spiro atoms. The number of fused-ring (bicyclic) bond motifs is 1. The molecule has 2 aromatic rings. The fourth-order valence-corrected chi connectivity index (χ4v) is 3.93. The molecule has 1 heterocycles. The van der Waals surface area contributed by atoms with E-state index in [9.17, 15) is 14.9 Å². The number of aliphatic hydroxyl groups excluding tert-OH is 1. The van der Waals surface area contributed by atoms with Crippen LogP contribution in [0.15, 0.2) is 34.1 Å². The molecule has 1 aliphatic rings. The third kappa shape index (κ3) is 3.34. The van der Waals surface area contributed by atoms with Crippen molar-refractivity contribution >= 4 is 17.4 Å². The van der Waals surface area contributed by atoms with Gasteiger partial charge in [-0.1, -0.05) is 12.1 Å². The van der Waals surface area contributed by atoms with Crippen molar-refractivity contribution in [2.24, 2.45) is 0 Å². The van der Waals surface area contributed by atoms with Crippen LogP contribution in [-0.4, -0.2) is 26.2 Å². The average molecular weight is 347 g/mol. The van der Waals surface area contributed by atoms with Crippen LogP contribution in [0.3, 0.4) is 0 Å². The summed E-state index contributed by atoms with van der Waals surface area (Å²) in [5.74, 6) is 0.598. The van der Waals surface area contributed by atoms with Crippen molar-refractivity contribution in [2.45, 2.75) is 36.6 Å². The number of hydrogen-bond donors (Lipinski definition) is 1. The molecule has 1 aromatic heterocycles. The Kier molecular flexibility index (Phi) is 4.96. The van der Waals surface area contributed by atoms with Gasteiger partial charge in [0.05, 0.1) is 18.1 Å². The van der Waals surface area contributed by atoms with Gasteiger partial charge in [0, 0.05) is 29.1 Å². The molecule has 1 aliphatic carbocycles. The number of rotatable bonds is 6. The third-order valence-electron chi connectivity index (χ3n) is 4.05. The quantitative estimate of drug-likeness (QED) is 0.371. The highest BCUT2D eigenvalue weighted by Gasteiger charge is 2.21. The van der Waals surface area contributed by atoms with Gasteiger partial charge in [-0.2, -0.15) is 4.98 Å². The maximum Gasteiger partial charge on any atom is 0.348 e. The molecule has 0 fully saturated rings. The van der Waals surface area contributed by atoms with Crippen molar-refractivity contribution in [1.82, 2.24) is 9.55 Å². The monoisotopic (exact) mass is 347 g/mol. The van der Waals surface area contributed by atoms with Gasteiger partial charge in [-0.3, -0.25) is 14.7 Å². The average Bonchev–Trinajstić information content (AvgIpc) is 3.06. The van der Waals surface area contributed by atoms with Crippen LogP contribution in [0.5, 0.6) is 0 Å². The predicted octanol–water partition coefficient (Wildman–Crippen LogP) is 1.92. The third-order valence-corrected chi connectivity index (χ3v) is 5.14. The van der Waals surface area contributed by atoms with Crippen molar-refractivity contribution in [3.63, 3.8) is 0 Å². The van der Waals surface area contributed by atoms with Crippen LogP contribution in [0.4, 0.5) is 5.69 Å². The Labute approximate surface area is 142 Å². The van der Waals surface area contributed by atoms with Gasteiger partial charge < -0.3 is 5.11 Å². The van der Waals surface area contributed by atoms with Gasteiger partial charge in [0.1, 0.15) is 5.03 Å². The van der Waals surface area contributed by atoms with Gasteiger partial charge in [-0.05, 0) is 24.8 Å². The summed E-state index contributed by atoms with van der Waals surface area (Å²) in [6.07, 6.45) is 2.70. The Bertz CT molecular complexity index is 817. The Balaban J connectivity index is 1.81. The van der Waals surface area contributed by atoms with Gasteiger partial charge in [0.15, 0.2) is 0 Å². The highest BCUT2D eigenvalue weighted by molar-refractivity contribution is 7.98. The van der Waals surface area contributed by atoms with E-state index in [1.807, 2.05) is 0 Å². The van der Waals surface area contributed by atoms with Gasteiger partial charge in [-0.15, -0.1) is 11.8 Å². The topological polar surface area (TPSA) is 98.3 Å². The Morgan fingerprint density at radius 3 is 2.71 bits per heavy atom. The van der Waals surface area contributed by atoms with Gasteiger partial charge in [0.2, 0.25) is 0 Å². The summed E-state index contributed by atoms with van der Waals surface area (Å²) in [6.45, 7) is 0.199. The van der Waals surface area contributed by atoms with Crippen LogP contribution >= 0.6 is 11.8 Å². The number of thioether (sulfide) groups is 1. The smallest absolute Gasteiger partial charge is 0.348 e. The van der Waals surface area contributed by atoms with Crippen LogP contribution in [0.25, 0.3) is 0 Å². The number of aliphatic hydroxyl groups is 1. The summed E-state index contributed by atoms with van der Waals surface area (Å²) in [4.78, 5) is 26.6. The first-order valence-electron chi connectivity index (χ1n) is 7.69. The molecular weight excluding hydrogens is 330 g/mol. The summed E-state index contributed by atoms with van der Waals surface area (Å²) in [6, 6.07) is 6.40. The second-order valence-corrected chi connectivity index (χ2v) is 6.53. The molecule has 0 amide bonds. The van der Waals surface area contributed by atoms with Crippen molar-refractivity contribution in [1.29, 1.82) is 0 Å². The molecule has 0 unspecified atom stereocenters. The standard InChI is InChI=1S/C16H17N3O4S/c20-9-8-18-14-3-1-2-13(14)15(17-16(18)21)24-10-11-4-6-12(7-5-11)19(22)23/h4-7,20H,1-3,8-10H2. The fourth-order valence-electron chi connectivity index (χ4n) is 2.90. The number of nitro groups is 1. The summed E-state index contributed by atoms with van der Waals surface area (Å²) >= 11 is 1.48. The first-order chi connectivity index (χ1) is 11.6. The molecule has 3 rings (SSSR count). The maximum absolute atomic E-state index is 12.2. The zero-order valence-corrected chi connectivity index (χ0v) is 13.8. The molecule has 126 valence electrons. The SMILES string of the molecule is O=c1nc(SCc2ccc([N+](=O)[O-])cc2)c2c(n1CCO)CCC2. The van der Waals surface area contributed by atoms with Crippen LogP contribution in [-0.2, 0) is 25.1 Å². The van der Waals surface area contributed by atoms with Crippen molar-refractivity contribution in [3.8, 4) is 0 Å². The van der Waals surface area contributed by atoms with Crippen LogP contribution in [0.1, 0.15) is 23.2 Å². The van der Waals surface area contributed by atoms with Gasteiger partial charge >= 0.3 is 5.69 Å². The zero-order chi connectivity index (χ0) is 17.1. The lowest BCUT2D eigenvalue weighted by atomic mass is 10.2. The number of aromatic nitrogens is 2. The van der Waals surface area contributed by atoms with Crippen LogP contribution < -0.4 is 5.69 Å². The molecule has 0 radical (unpaired) electrons. The van der Waals surface area contributed by atoms with E-state index in [-0.39, 0.29) is 24.5 Å². The Hall–Kier alpha value is -2.19. The van der Waals surface area contributed by atoms with Crippen molar-refractivity contribution in [2.75, 3.05) is 6.61 Å². The normalized spacial score (nSPS) is 13.0. The molecule has 1 aromatic carbocycles. The van der Waals surface area contributed by atoms with Crippen molar-refractivity contribution in [3.05, 3.63) is 61.7 Å². The molecule has 0 atom stereocenters. The molecule has 0 saturated carbocycles. The van der Waals surface area contributed by atoms with E-state index in [1.165, 1.54) is 23.9 Å². The number of benzene rings is 1. The summed E-state index contributed by atoms with van der Waals surface area (Å²) in [5.41, 5.74) is 2.76. The minimum absolute atomic E-state index is 0.0642. The number of nitro benzene ring substituents is 1. The number of hydrogen-bond acceptors (Lipinski definition) is 6. The Morgan fingerprint density at radius 1 is 1.29 bits per heavy atom. The summed E-state index contributed by atoms with van der Waals surface area (Å²) in [5, 5.41) is 20.5. The number of non-ortho nitro benzene ring substituents is 1. The highest BCUT2D eigenvalue weighted by Crippen LogP contribution is 2.31. The molecule has 1 N–H and O–H groups in total. The van der Waals surface area contributed by atoms with Crippen molar-refractivity contribution < 1.29 is 10.0 Å². The lowest BCUT2D eigenvalue weighted by Gasteiger charge is -2.13. The fraction of sp³-hybridized carbons (Fsp3) is 0.375. The lowest BCUT2D eigenvalue weighted by Crippen LogP contribution is -2.28. The molecule has 0 saturated heterocycles. The second-order valence-electron chi connectivity index (χ2n) is 5.57. The molecular formula is C16H17N3O4S. The zero-order valence-electron chi connectivity index (χ0n) is 13.0. The first kappa shape index (κ1) is 16.7. The van der Waals surface area contributed by atoms with E-state index in [1.54, 1.807) is 16.7 Å². The Morgan fingerprint density at radius 2 is 2.04 bits per heavy atom. The van der Waals surface area contributed by atoms with E-state index in [2.05, 4.69) is 4.98 Å². The molecule has 7 nitrogen and oxygen atoms in total. The largest absolute Gasteiger partial charge is 0.395 e. The lowest BCUT2D eigenvalue weighted by molar-refractivity contribution is -0.384. The molecule has 0 aliphatic heterocycles. The van der Waals surface area contributed by atoms with E-state index in [0.29, 0.717) is 5.75 Å². The molecule has 0 bridgehead atoms. The van der Waals surface area contributed by atoms with Gasteiger partial charge in [0.25, 0.3) is 5.69 Å². The summed E-state index contributed by atoms with van der Waals surface area (Å²) in [7, 11) is 0.